The average molecular weight is 349 g/mol. The van der Waals surface area contributed by atoms with E-state index in [0.29, 0.717) is 10.4 Å². The maximum atomic E-state index is 10.6. The van der Waals surface area contributed by atoms with Gasteiger partial charge in [0.15, 0.2) is 0 Å². The zero-order valence-electron chi connectivity index (χ0n) is 6.94. The molecule has 0 unspecified atom stereocenters. The molecule has 5 heteroatoms. The molecule has 13 heavy (non-hydrogen) atoms. The van der Waals surface area contributed by atoms with Crippen LogP contribution in [0.5, 0.6) is 0 Å². The van der Waals surface area contributed by atoms with Crippen molar-refractivity contribution in [3.63, 3.8) is 0 Å². The summed E-state index contributed by atoms with van der Waals surface area (Å²) in [4.78, 5) is 31.6. The fraction of sp³-hybridized carbons (Fsp3) is 0.250. The summed E-state index contributed by atoms with van der Waals surface area (Å²) in [5.41, 5.74) is 0.793. The molecular formula is C8H7NO3W. The molecule has 68 valence electrons. The zero-order valence-corrected chi connectivity index (χ0v) is 9.88. The molecule has 0 atom stereocenters. The van der Waals surface area contributed by atoms with Gasteiger partial charge in [-0.15, -0.1) is 0 Å². The SMILES string of the molecule is CC1=[C]([W](=[C]=O)(=[C]=O)[N]=O)CC=C1. The first kappa shape index (κ1) is 10.0. The number of nitrogens with zero attached hydrogens (tertiary/aromatic N) is 1. The fourth-order valence-corrected chi connectivity index (χ4v) is 5.66. The summed E-state index contributed by atoms with van der Waals surface area (Å²) in [6, 6.07) is 0. The Kier molecular flexibility index (Phi) is 2.90. The summed E-state index contributed by atoms with van der Waals surface area (Å²) < 4.78 is 6.37. The first-order chi connectivity index (χ1) is 6.20. The summed E-state index contributed by atoms with van der Waals surface area (Å²) in [7, 11) is 0. The van der Waals surface area contributed by atoms with E-state index in [2.05, 4.69) is 3.74 Å². The Morgan fingerprint density at radius 2 is 2.08 bits per heavy atom. The van der Waals surface area contributed by atoms with Crippen LogP contribution in [0.3, 0.4) is 0 Å². The third-order valence-corrected chi connectivity index (χ3v) is 8.67. The molecule has 0 aromatic carbocycles. The van der Waals surface area contributed by atoms with Gasteiger partial charge >= 0.3 is 77.2 Å². The van der Waals surface area contributed by atoms with E-state index in [0.717, 1.165) is 5.57 Å². The molecule has 0 aromatic heterocycles. The quantitative estimate of drug-likeness (QED) is 0.704. The predicted molar refractivity (Wildman–Crippen MR) is 43.6 cm³/mol. The van der Waals surface area contributed by atoms with Crippen LogP contribution in [0.1, 0.15) is 13.3 Å². The first-order valence-corrected chi connectivity index (χ1v) is 9.23. The Balaban J connectivity index is 3.56. The summed E-state index contributed by atoms with van der Waals surface area (Å²) in [5, 5.41) is 0. The van der Waals surface area contributed by atoms with Crippen LogP contribution < -0.4 is 0 Å². The van der Waals surface area contributed by atoms with Crippen molar-refractivity contribution in [2.24, 2.45) is 3.74 Å². The Morgan fingerprint density at radius 1 is 1.46 bits per heavy atom. The molecule has 1 aliphatic rings. The van der Waals surface area contributed by atoms with Crippen LogP contribution >= 0.6 is 0 Å². The molecule has 0 aromatic rings. The number of hydrogen-bond acceptors (Lipinski definition) is 4. The van der Waals surface area contributed by atoms with Crippen molar-refractivity contribution < 1.29 is 25.0 Å². The van der Waals surface area contributed by atoms with E-state index in [1.807, 2.05) is 0 Å². The Morgan fingerprint density at radius 3 is 2.38 bits per heavy atom. The van der Waals surface area contributed by atoms with Crippen LogP contribution in [0.4, 0.5) is 0 Å². The Hall–Kier alpha value is -1.07. The molecule has 0 radical (unpaired) electrons. The van der Waals surface area contributed by atoms with Crippen molar-refractivity contribution in [3.05, 3.63) is 26.6 Å². The molecule has 4 nitrogen and oxygen atoms in total. The van der Waals surface area contributed by atoms with Gasteiger partial charge in [-0.1, -0.05) is 0 Å². The number of rotatable bonds is 2. The molecule has 0 aliphatic heterocycles. The molecule has 0 spiro atoms. The van der Waals surface area contributed by atoms with Crippen LogP contribution in [0.15, 0.2) is 25.4 Å². The summed E-state index contributed by atoms with van der Waals surface area (Å²) in [5.74, 6) is 0. The van der Waals surface area contributed by atoms with Gasteiger partial charge in [0, 0.05) is 0 Å². The van der Waals surface area contributed by atoms with Gasteiger partial charge in [0.25, 0.3) is 0 Å². The van der Waals surface area contributed by atoms with Gasteiger partial charge in [0.05, 0.1) is 0 Å². The fourth-order valence-electron chi connectivity index (χ4n) is 1.14. The van der Waals surface area contributed by atoms with Crippen LogP contribution in [-0.4, -0.2) is 8.53 Å². The van der Waals surface area contributed by atoms with Crippen molar-refractivity contribution in [1.82, 2.24) is 0 Å². The topological polar surface area (TPSA) is 63.6 Å². The van der Waals surface area contributed by atoms with E-state index in [-0.39, 0.29) is 0 Å². The van der Waals surface area contributed by atoms with Gasteiger partial charge in [-0.2, -0.15) is 0 Å². The van der Waals surface area contributed by atoms with Gasteiger partial charge < -0.3 is 0 Å². The second-order valence-electron chi connectivity index (χ2n) is 2.53. The van der Waals surface area contributed by atoms with E-state index in [9.17, 15) is 14.5 Å². The number of carbonyl (C=O) groups excluding carboxylic acids is 2. The number of allylic oxidation sites excluding steroid dienone is 4. The Labute approximate surface area is 77.4 Å². The molecule has 0 saturated carbocycles. The third kappa shape index (κ3) is 1.52. The maximum absolute atomic E-state index is 10.6. The van der Waals surface area contributed by atoms with Crippen molar-refractivity contribution in [3.8, 4) is 0 Å². The standard InChI is InChI=1S/C6H7.2CO.NO.W/c1-6-4-2-3-5-6;3*1-2;/h2,4H,3H2,1H3;;;;/q;;;-1;+1. The minimum absolute atomic E-state index is 0.470. The zero-order chi connectivity index (χ0) is 9.90. The van der Waals surface area contributed by atoms with Crippen LogP contribution in [0, 0.1) is 4.91 Å². The molecule has 1 rings (SSSR count). The molecule has 0 N–H and O–H groups in total. The third-order valence-electron chi connectivity index (χ3n) is 1.82. The van der Waals surface area contributed by atoms with Gasteiger partial charge in [-0.3, -0.25) is 0 Å². The normalized spacial score (nSPS) is 15.5. The van der Waals surface area contributed by atoms with Crippen molar-refractivity contribution in [1.29, 1.82) is 0 Å². The van der Waals surface area contributed by atoms with Gasteiger partial charge in [0.2, 0.25) is 0 Å². The Bertz CT molecular complexity index is 448. The van der Waals surface area contributed by atoms with Crippen LogP contribution in [0.25, 0.3) is 0 Å². The van der Waals surface area contributed by atoms with Crippen molar-refractivity contribution in [2.75, 3.05) is 0 Å². The summed E-state index contributed by atoms with van der Waals surface area (Å²) in [6.45, 7) is 1.75. The van der Waals surface area contributed by atoms with Crippen LogP contribution in [-0.2, 0) is 25.0 Å². The molecule has 1 aliphatic carbocycles. The van der Waals surface area contributed by atoms with Gasteiger partial charge in [0.1, 0.15) is 0 Å². The van der Waals surface area contributed by atoms with Gasteiger partial charge in [-0.25, -0.2) is 0 Å². The van der Waals surface area contributed by atoms with Crippen LogP contribution in [0.2, 0.25) is 0 Å². The minimum atomic E-state index is -4.33. The van der Waals surface area contributed by atoms with E-state index in [1.54, 1.807) is 27.6 Å². The van der Waals surface area contributed by atoms with Crippen molar-refractivity contribution >= 4 is 8.53 Å². The first-order valence-electron chi connectivity index (χ1n) is 3.52. The molecular weight excluding hydrogens is 342 g/mol. The summed E-state index contributed by atoms with van der Waals surface area (Å²) >= 11 is -4.33. The second kappa shape index (κ2) is 3.76. The molecule has 0 saturated heterocycles. The summed E-state index contributed by atoms with van der Waals surface area (Å²) in [6.07, 6.45) is 4.05. The van der Waals surface area contributed by atoms with Crippen molar-refractivity contribution in [2.45, 2.75) is 13.3 Å². The number of hydrogen-bond donors (Lipinski definition) is 0. The molecule has 0 fully saturated rings. The molecule has 0 heterocycles. The van der Waals surface area contributed by atoms with E-state index in [4.69, 9.17) is 0 Å². The molecule has 0 amide bonds. The average Bonchev–Trinajstić information content (AvgIpc) is 2.57. The van der Waals surface area contributed by atoms with E-state index >= 15 is 0 Å². The number of nitroso groups, excluding NO2 is 1. The second-order valence-corrected chi connectivity index (χ2v) is 10.2. The monoisotopic (exact) mass is 349 g/mol. The van der Waals surface area contributed by atoms with E-state index < -0.39 is 15.4 Å². The molecule has 0 bridgehead atoms. The van der Waals surface area contributed by atoms with Gasteiger partial charge in [-0.05, 0) is 0 Å². The van der Waals surface area contributed by atoms with E-state index in [1.165, 1.54) is 0 Å². The predicted octanol–water partition coefficient (Wildman–Crippen LogP) is 1.19.